The molecule has 1 N–H and O–H groups in total. The number of thiazole rings is 1. The van der Waals surface area contributed by atoms with Crippen LogP contribution in [0.3, 0.4) is 0 Å². The summed E-state index contributed by atoms with van der Waals surface area (Å²) in [5.74, 6) is 0.645. The van der Waals surface area contributed by atoms with Gasteiger partial charge in [0.25, 0.3) is 0 Å². The molecular formula is C21H21N5O4S. The molecule has 0 radical (unpaired) electrons. The van der Waals surface area contributed by atoms with E-state index in [2.05, 4.69) is 15.3 Å². The molecule has 10 heteroatoms. The number of nitrogens with zero attached hydrogens (tertiary/aromatic N) is 5. The molecule has 160 valence electrons. The fraction of sp³-hybridized carbons (Fsp3) is 0.333. The molecule has 1 aliphatic carbocycles. The minimum atomic E-state index is -0.889. The van der Waals surface area contributed by atoms with Gasteiger partial charge >= 0.3 is 5.97 Å². The summed E-state index contributed by atoms with van der Waals surface area (Å²) in [6, 6.07) is 7.09. The van der Waals surface area contributed by atoms with Crippen LogP contribution in [0.1, 0.15) is 48.1 Å². The van der Waals surface area contributed by atoms with Crippen molar-refractivity contribution in [3.8, 4) is 11.4 Å². The molecular weight excluding hydrogens is 418 g/mol. The molecule has 0 spiro atoms. The molecule has 5 rings (SSSR count). The summed E-state index contributed by atoms with van der Waals surface area (Å²) in [6.07, 6.45) is 6.67. The maximum atomic E-state index is 11.4. The van der Waals surface area contributed by atoms with Gasteiger partial charge in [-0.2, -0.15) is 0 Å². The van der Waals surface area contributed by atoms with Gasteiger partial charge in [-0.3, -0.25) is 4.40 Å². The van der Waals surface area contributed by atoms with E-state index in [1.807, 2.05) is 10.6 Å². The normalized spacial score (nSPS) is 14.6. The van der Waals surface area contributed by atoms with Gasteiger partial charge in [-0.25, -0.2) is 14.5 Å². The molecule has 1 atom stereocenters. The molecule has 0 aliphatic heterocycles. The Morgan fingerprint density at radius 2 is 2.13 bits per heavy atom. The summed E-state index contributed by atoms with van der Waals surface area (Å²) < 4.78 is 13.8. The van der Waals surface area contributed by atoms with E-state index < -0.39 is 12.1 Å². The molecule has 1 fully saturated rings. The molecule has 1 aromatic carbocycles. The fourth-order valence-corrected chi connectivity index (χ4v) is 4.74. The van der Waals surface area contributed by atoms with Crippen molar-refractivity contribution in [2.24, 2.45) is 0 Å². The highest BCUT2D eigenvalue weighted by atomic mass is 32.1. The SMILES string of the molecule is CCOC(=O)COc1ccc(-n2cc(C(O)c3c(C4CC4)sc4cncn34)nn2)cc1. The van der Waals surface area contributed by atoms with Crippen LogP contribution < -0.4 is 4.74 Å². The molecule has 0 saturated heterocycles. The zero-order chi connectivity index (χ0) is 21.4. The summed E-state index contributed by atoms with van der Waals surface area (Å²) in [7, 11) is 0. The molecule has 1 saturated carbocycles. The fourth-order valence-electron chi connectivity index (χ4n) is 3.44. The van der Waals surface area contributed by atoms with Gasteiger partial charge in [-0.15, -0.1) is 16.4 Å². The number of aliphatic hydroxyl groups excluding tert-OH is 1. The number of ether oxygens (including phenoxy) is 2. The third kappa shape index (κ3) is 3.91. The number of carbonyl (C=O) groups is 1. The minimum Gasteiger partial charge on any atom is -0.482 e. The number of aliphatic hydroxyl groups is 1. The van der Waals surface area contributed by atoms with Crippen LogP contribution >= 0.6 is 11.3 Å². The van der Waals surface area contributed by atoms with Crippen molar-refractivity contribution in [1.29, 1.82) is 0 Å². The first-order valence-corrected chi connectivity index (χ1v) is 10.9. The van der Waals surface area contributed by atoms with Crippen LogP contribution in [0.25, 0.3) is 10.5 Å². The number of rotatable bonds is 8. The summed E-state index contributed by atoms with van der Waals surface area (Å²) in [6.45, 7) is 1.93. The van der Waals surface area contributed by atoms with Crippen LogP contribution in [0.5, 0.6) is 5.75 Å². The number of imidazole rings is 1. The topological polar surface area (TPSA) is 104 Å². The molecule has 1 aliphatic rings. The summed E-state index contributed by atoms with van der Waals surface area (Å²) in [5, 5.41) is 19.5. The Morgan fingerprint density at radius 1 is 1.32 bits per heavy atom. The molecule has 0 bridgehead atoms. The van der Waals surface area contributed by atoms with Gasteiger partial charge in [0.1, 0.15) is 28.7 Å². The molecule has 0 amide bonds. The number of carbonyl (C=O) groups excluding carboxylic acids is 1. The van der Waals surface area contributed by atoms with Crippen LogP contribution in [-0.2, 0) is 9.53 Å². The van der Waals surface area contributed by atoms with Crippen molar-refractivity contribution in [3.63, 3.8) is 0 Å². The smallest absolute Gasteiger partial charge is 0.344 e. The predicted octanol–water partition coefficient (Wildman–Crippen LogP) is 2.88. The lowest BCUT2D eigenvalue weighted by molar-refractivity contribution is -0.145. The van der Waals surface area contributed by atoms with Gasteiger partial charge in [0.15, 0.2) is 6.61 Å². The second kappa shape index (κ2) is 8.12. The number of benzene rings is 1. The van der Waals surface area contributed by atoms with Gasteiger partial charge in [-0.05, 0) is 49.9 Å². The predicted molar refractivity (Wildman–Crippen MR) is 113 cm³/mol. The van der Waals surface area contributed by atoms with E-state index in [9.17, 15) is 9.90 Å². The lowest BCUT2D eigenvalue weighted by Gasteiger charge is -2.09. The van der Waals surface area contributed by atoms with Gasteiger partial charge in [0.05, 0.1) is 30.4 Å². The first-order chi connectivity index (χ1) is 15.1. The third-order valence-electron chi connectivity index (χ3n) is 5.09. The molecule has 3 aromatic heterocycles. The number of fused-ring (bicyclic) bond motifs is 1. The number of hydrogen-bond donors (Lipinski definition) is 1. The maximum Gasteiger partial charge on any atom is 0.344 e. The molecule has 3 heterocycles. The van der Waals surface area contributed by atoms with Crippen molar-refractivity contribution in [2.75, 3.05) is 13.2 Å². The van der Waals surface area contributed by atoms with Gasteiger partial charge < -0.3 is 14.6 Å². The van der Waals surface area contributed by atoms with E-state index in [1.165, 1.54) is 4.88 Å². The van der Waals surface area contributed by atoms with Crippen LogP contribution in [0.15, 0.2) is 43.0 Å². The lowest BCUT2D eigenvalue weighted by Crippen LogP contribution is -2.14. The molecule has 1 unspecified atom stereocenters. The second-order valence-electron chi connectivity index (χ2n) is 7.31. The lowest BCUT2D eigenvalue weighted by atomic mass is 10.1. The van der Waals surface area contributed by atoms with Crippen LogP contribution in [0.4, 0.5) is 0 Å². The van der Waals surface area contributed by atoms with E-state index in [4.69, 9.17) is 9.47 Å². The zero-order valence-corrected chi connectivity index (χ0v) is 17.7. The van der Waals surface area contributed by atoms with E-state index in [1.54, 1.807) is 59.7 Å². The van der Waals surface area contributed by atoms with Crippen molar-refractivity contribution >= 4 is 22.1 Å². The summed E-state index contributed by atoms with van der Waals surface area (Å²) >= 11 is 1.68. The highest BCUT2D eigenvalue weighted by molar-refractivity contribution is 7.17. The maximum absolute atomic E-state index is 11.4. The highest BCUT2D eigenvalue weighted by Crippen LogP contribution is 2.47. The average Bonchev–Trinajstić information content (AvgIpc) is 3.18. The minimum absolute atomic E-state index is 0.139. The van der Waals surface area contributed by atoms with Crippen molar-refractivity contribution in [3.05, 3.63) is 59.3 Å². The van der Waals surface area contributed by atoms with Crippen molar-refractivity contribution in [1.82, 2.24) is 24.4 Å². The van der Waals surface area contributed by atoms with Crippen molar-refractivity contribution in [2.45, 2.75) is 31.8 Å². The molecule has 4 aromatic rings. The van der Waals surface area contributed by atoms with Gasteiger partial charge in [0, 0.05) is 4.88 Å². The van der Waals surface area contributed by atoms with E-state index in [0.29, 0.717) is 24.0 Å². The Labute approximate surface area is 181 Å². The summed E-state index contributed by atoms with van der Waals surface area (Å²) in [4.78, 5) is 17.8. The van der Waals surface area contributed by atoms with Crippen LogP contribution in [0.2, 0.25) is 0 Å². The van der Waals surface area contributed by atoms with E-state index in [-0.39, 0.29) is 6.61 Å². The number of aromatic nitrogens is 5. The zero-order valence-electron chi connectivity index (χ0n) is 16.8. The second-order valence-corrected chi connectivity index (χ2v) is 8.37. The monoisotopic (exact) mass is 439 g/mol. The third-order valence-corrected chi connectivity index (χ3v) is 6.37. The van der Waals surface area contributed by atoms with Crippen LogP contribution in [0, 0.1) is 0 Å². The average molecular weight is 439 g/mol. The quantitative estimate of drug-likeness (QED) is 0.421. The largest absolute Gasteiger partial charge is 0.482 e. The standard InChI is InChI=1S/C21H21N5O4S/c1-2-29-18(27)11-30-15-7-5-14(6-8-15)26-10-16(23-24-26)20(28)19-21(13-3-4-13)31-17-9-22-12-25(17)19/h5-10,12-13,20,28H,2-4,11H2,1H3. The van der Waals surface area contributed by atoms with Crippen molar-refractivity contribution < 1.29 is 19.4 Å². The number of esters is 1. The first kappa shape index (κ1) is 19.7. The Bertz CT molecular complexity index is 1210. The Morgan fingerprint density at radius 3 is 2.87 bits per heavy atom. The number of hydrogen-bond acceptors (Lipinski definition) is 8. The Hall–Kier alpha value is -3.24. The highest BCUT2D eigenvalue weighted by Gasteiger charge is 2.33. The molecule has 31 heavy (non-hydrogen) atoms. The Kier molecular flexibility index (Phi) is 5.16. The van der Waals surface area contributed by atoms with E-state index >= 15 is 0 Å². The van der Waals surface area contributed by atoms with Crippen LogP contribution in [-0.4, -0.2) is 48.7 Å². The summed E-state index contributed by atoms with van der Waals surface area (Å²) in [5.41, 5.74) is 2.06. The van der Waals surface area contributed by atoms with Gasteiger partial charge in [0.2, 0.25) is 0 Å². The Balaban J connectivity index is 1.34. The molecule has 9 nitrogen and oxygen atoms in total. The van der Waals surface area contributed by atoms with E-state index in [0.717, 1.165) is 29.1 Å². The van der Waals surface area contributed by atoms with Gasteiger partial charge in [-0.1, -0.05) is 5.21 Å². The first-order valence-electron chi connectivity index (χ1n) is 10.1.